The Morgan fingerprint density at radius 2 is 2.04 bits per heavy atom. The minimum Gasteiger partial charge on any atom is -0.495 e. The number of ether oxygens (including phenoxy) is 1. The van der Waals surface area contributed by atoms with Crippen molar-refractivity contribution in [2.24, 2.45) is 10.7 Å². The molecule has 0 radical (unpaired) electrons. The summed E-state index contributed by atoms with van der Waals surface area (Å²) in [6, 6.07) is 9.33. The highest BCUT2D eigenvalue weighted by Gasteiger charge is 2.13. The van der Waals surface area contributed by atoms with Gasteiger partial charge in [-0.3, -0.25) is 0 Å². The van der Waals surface area contributed by atoms with Crippen molar-refractivity contribution in [1.82, 2.24) is 4.98 Å². The van der Waals surface area contributed by atoms with Gasteiger partial charge in [0.05, 0.1) is 23.7 Å². The number of guanidine groups is 1. The Morgan fingerprint density at radius 1 is 1.31 bits per heavy atom. The molecule has 0 bridgehead atoms. The van der Waals surface area contributed by atoms with Crippen LogP contribution in [0.3, 0.4) is 0 Å². The monoisotopic (exact) mass is 506 g/mol. The lowest BCUT2D eigenvalue weighted by molar-refractivity contribution is 0.415. The van der Waals surface area contributed by atoms with Gasteiger partial charge >= 0.3 is 0 Å². The van der Waals surface area contributed by atoms with Crippen molar-refractivity contribution >= 4 is 59.0 Å². The first-order valence-electron chi connectivity index (χ1n) is 7.81. The van der Waals surface area contributed by atoms with Crippen molar-refractivity contribution in [2.75, 3.05) is 12.4 Å². The van der Waals surface area contributed by atoms with Gasteiger partial charge in [-0.15, -0.1) is 35.7 Å². The number of nitrogens with two attached hydrogens (primary N) is 1. The highest BCUT2D eigenvalue weighted by atomic mass is 127. The van der Waals surface area contributed by atoms with E-state index in [1.165, 1.54) is 0 Å². The standard InChI is InChI=1S/C18H23ClN4OS.HI/c1-18(2,3)25-16-9-12(7-8-21-16)11-22-17(20)23-13-5-6-15(24-4)14(19)10-13;/h5-10H,11H2,1-4H3,(H3,20,22,23);1H. The SMILES string of the molecule is COc1ccc(NC(N)=NCc2ccnc(SC(C)(C)C)c2)cc1Cl.I. The molecule has 3 N–H and O–H groups in total. The summed E-state index contributed by atoms with van der Waals surface area (Å²) in [4.78, 5) is 8.76. The van der Waals surface area contributed by atoms with Gasteiger partial charge in [-0.05, 0) is 35.9 Å². The maximum atomic E-state index is 6.10. The molecule has 142 valence electrons. The summed E-state index contributed by atoms with van der Waals surface area (Å²) in [7, 11) is 1.57. The fourth-order valence-electron chi connectivity index (χ4n) is 2.03. The molecule has 0 saturated heterocycles. The molecule has 0 aliphatic heterocycles. The van der Waals surface area contributed by atoms with Crippen LogP contribution in [0.4, 0.5) is 5.69 Å². The topological polar surface area (TPSA) is 72.5 Å². The number of anilines is 1. The molecular weight excluding hydrogens is 483 g/mol. The van der Waals surface area contributed by atoms with Crippen molar-refractivity contribution in [1.29, 1.82) is 0 Å². The molecule has 0 saturated carbocycles. The molecule has 8 heteroatoms. The first-order valence-corrected chi connectivity index (χ1v) is 9.01. The van der Waals surface area contributed by atoms with Crippen LogP contribution < -0.4 is 15.8 Å². The lowest BCUT2D eigenvalue weighted by Crippen LogP contribution is -2.22. The second-order valence-corrected chi connectivity index (χ2v) is 8.65. The number of aliphatic imine (C=N–C) groups is 1. The number of hydrogen-bond acceptors (Lipinski definition) is 4. The van der Waals surface area contributed by atoms with Gasteiger partial charge in [0, 0.05) is 16.6 Å². The second kappa shape index (κ2) is 10.2. The zero-order chi connectivity index (χ0) is 18.4. The summed E-state index contributed by atoms with van der Waals surface area (Å²) in [6.45, 7) is 6.95. The van der Waals surface area contributed by atoms with Crippen LogP contribution in [-0.4, -0.2) is 22.8 Å². The van der Waals surface area contributed by atoms with Gasteiger partial charge in [-0.2, -0.15) is 0 Å². The number of nitrogens with zero attached hydrogens (tertiary/aromatic N) is 2. The summed E-state index contributed by atoms with van der Waals surface area (Å²) in [5.74, 6) is 0.937. The normalized spacial score (nSPS) is 11.7. The molecule has 2 rings (SSSR count). The van der Waals surface area contributed by atoms with Crippen molar-refractivity contribution in [3.8, 4) is 5.75 Å². The van der Waals surface area contributed by atoms with Crippen molar-refractivity contribution in [3.63, 3.8) is 0 Å². The lowest BCUT2D eigenvalue weighted by Gasteiger charge is -2.16. The summed E-state index contributed by atoms with van der Waals surface area (Å²) >= 11 is 7.82. The average Bonchev–Trinajstić information content (AvgIpc) is 2.52. The van der Waals surface area contributed by atoms with E-state index in [4.69, 9.17) is 22.1 Å². The molecule has 0 aliphatic carbocycles. The maximum absolute atomic E-state index is 6.10. The highest BCUT2D eigenvalue weighted by molar-refractivity contribution is 14.0. The predicted molar refractivity (Wildman–Crippen MR) is 122 cm³/mol. The molecular formula is C18H24ClIN4OS. The Hall–Kier alpha value is -1.19. The Bertz CT molecular complexity index is 765. The molecule has 1 aromatic heterocycles. The van der Waals surface area contributed by atoms with Crippen LogP contribution in [0, 0.1) is 0 Å². The molecule has 0 fully saturated rings. The molecule has 1 heterocycles. The first-order chi connectivity index (χ1) is 11.8. The number of pyridine rings is 1. The second-order valence-electron chi connectivity index (χ2n) is 6.39. The number of benzene rings is 1. The van der Waals surface area contributed by atoms with Crippen LogP contribution in [-0.2, 0) is 6.54 Å². The Kier molecular flexibility index (Phi) is 8.99. The molecule has 0 unspecified atom stereocenters. The molecule has 26 heavy (non-hydrogen) atoms. The fourth-order valence-corrected chi connectivity index (χ4v) is 3.24. The third-order valence-electron chi connectivity index (χ3n) is 3.07. The van der Waals surface area contributed by atoms with Crippen LogP contribution >= 0.6 is 47.3 Å². The molecule has 0 atom stereocenters. The summed E-state index contributed by atoms with van der Waals surface area (Å²) in [5.41, 5.74) is 7.77. The van der Waals surface area contributed by atoms with E-state index in [0.717, 1.165) is 16.3 Å². The summed E-state index contributed by atoms with van der Waals surface area (Å²) < 4.78 is 5.24. The molecule has 1 aromatic carbocycles. The van der Waals surface area contributed by atoms with E-state index in [0.29, 0.717) is 23.3 Å². The zero-order valence-corrected chi connectivity index (χ0v) is 19.1. The number of halogens is 2. The van der Waals surface area contributed by atoms with Crippen molar-refractivity contribution in [3.05, 3.63) is 47.1 Å². The third kappa shape index (κ3) is 7.59. The van der Waals surface area contributed by atoms with Crippen LogP contribution in [0.5, 0.6) is 5.75 Å². The summed E-state index contributed by atoms with van der Waals surface area (Å²) in [5, 5.41) is 4.52. The largest absolute Gasteiger partial charge is 0.495 e. The Balaban J connectivity index is 0.00000338. The van der Waals surface area contributed by atoms with Gasteiger partial charge in [0.25, 0.3) is 0 Å². The van der Waals surface area contributed by atoms with Crippen LogP contribution in [0.15, 0.2) is 46.5 Å². The van der Waals surface area contributed by atoms with E-state index in [1.807, 2.05) is 18.2 Å². The quantitative estimate of drug-likeness (QED) is 0.253. The van der Waals surface area contributed by atoms with Gasteiger partial charge in [0.15, 0.2) is 5.96 Å². The summed E-state index contributed by atoms with van der Waals surface area (Å²) in [6.07, 6.45) is 1.80. The molecule has 5 nitrogen and oxygen atoms in total. The average molecular weight is 507 g/mol. The number of thioether (sulfide) groups is 1. The fraction of sp³-hybridized carbons (Fsp3) is 0.333. The van der Waals surface area contributed by atoms with E-state index in [2.05, 4.69) is 36.1 Å². The van der Waals surface area contributed by atoms with Crippen LogP contribution in [0.1, 0.15) is 26.3 Å². The van der Waals surface area contributed by atoms with Gasteiger partial charge in [0.1, 0.15) is 5.75 Å². The van der Waals surface area contributed by atoms with Crippen LogP contribution in [0.25, 0.3) is 0 Å². The maximum Gasteiger partial charge on any atom is 0.193 e. The van der Waals surface area contributed by atoms with Gasteiger partial charge in [-0.1, -0.05) is 32.4 Å². The van der Waals surface area contributed by atoms with Gasteiger partial charge in [0.2, 0.25) is 0 Å². The van der Waals surface area contributed by atoms with E-state index >= 15 is 0 Å². The number of rotatable bonds is 5. The first kappa shape index (κ1) is 22.9. The Morgan fingerprint density at radius 3 is 2.65 bits per heavy atom. The van der Waals surface area contributed by atoms with E-state index in [9.17, 15) is 0 Å². The predicted octanol–water partition coefficient (Wildman–Crippen LogP) is 5.18. The van der Waals surface area contributed by atoms with Crippen molar-refractivity contribution in [2.45, 2.75) is 37.1 Å². The zero-order valence-electron chi connectivity index (χ0n) is 15.2. The molecule has 0 aliphatic rings. The molecule has 2 aromatic rings. The number of hydrogen-bond donors (Lipinski definition) is 2. The van der Waals surface area contributed by atoms with Crippen molar-refractivity contribution < 1.29 is 4.74 Å². The van der Waals surface area contributed by atoms with E-state index < -0.39 is 0 Å². The third-order valence-corrected chi connectivity index (χ3v) is 4.41. The Labute approximate surface area is 181 Å². The van der Waals surface area contributed by atoms with E-state index in [1.54, 1.807) is 37.2 Å². The minimum absolute atomic E-state index is 0. The van der Waals surface area contributed by atoms with Gasteiger partial charge in [-0.25, -0.2) is 9.98 Å². The smallest absolute Gasteiger partial charge is 0.193 e. The van der Waals surface area contributed by atoms with E-state index in [-0.39, 0.29) is 28.7 Å². The number of nitrogens with one attached hydrogen (secondary N) is 1. The number of methoxy groups -OCH3 is 1. The lowest BCUT2D eigenvalue weighted by atomic mass is 10.3. The number of aromatic nitrogens is 1. The van der Waals surface area contributed by atoms with Gasteiger partial charge < -0.3 is 15.8 Å². The van der Waals surface area contributed by atoms with Crippen LogP contribution in [0.2, 0.25) is 5.02 Å². The highest BCUT2D eigenvalue weighted by Crippen LogP contribution is 2.30. The molecule has 0 spiro atoms. The minimum atomic E-state index is 0. The molecule has 0 amide bonds.